The summed E-state index contributed by atoms with van der Waals surface area (Å²) in [4.78, 5) is 16.0. The second-order valence-electron chi connectivity index (χ2n) is 4.58. The van der Waals surface area contributed by atoms with Crippen molar-refractivity contribution in [3.8, 4) is 0 Å². The highest BCUT2D eigenvalue weighted by atomic mass is 35.5. The third-order valence-electron chi connectivity index (χ3n) is 2.67. The van der Waals surface area contributed by atoms with E-state index in [0.717, 1.165) is 11.1 Å². The number of hydrogen-bond donors (Lipinski definition) is 2. The van der Waals surface area contributed by atoms with Gasteiger partial charge in [-0.1, -0.05) is 25.4 Å². The molecule has 0 saturated carbocycles. The smallest absolute Gasteiger partial charge is 0.238 e. The lowest BCUT2D eigenvalue weighted by Gasteiger charge is -2.11. The molecule has 5 heteroatoms. The number of anilines is 1. The molecule has 19 heavy (non-hydrogen) atoms. The topological polar surface area (TPSA) is 54.0 Å². The fourth-order valence-electron chi connectivity index (χ4n) is 1.74. The first-order valence-corrected chi connectivity index (χ1v) is 6.52. The van der Waals surface area contributed by atoms with E-state index < -0.39 is 0 Å². The summed E-state index contributed by atoms with van der Waals surface area (Å²) in [5, 5.41) is 7.36. The lowest BCUT2D eigenvalue weighted by atomic mass is 10.2. The van der Waals surface area contributed by atoms with Gasteiger partial charge in [-0.15, -0.1) is 0 Å². The first-order valence-electron chi connectivity index (χ1n) is 6.14. The largest absolute Gasteiger partial charge is 0.324 e. The van der Waals surface area contributed by atoms with Crippen LogP contribution in [-0.2, 0) is 4.79 Å². The molecule has 0 bridgehead atoms. The second-order valence-corrected chi connectivity index (χ2v) is 4.99. The van der Waals surface area contributed by atoms with Gasteiger partial charge in [0.05, 0.1) is 22.8 Å². The average Bonchev–Trinajstić information content (AvgIpc) is 2.40. The molecule has 0 spiro atoms. The zero-order valence-electron chi connectivity index (χ0n) is 10.9. The Labute approximate surface area is 117 Å². The van der Waals surface area contributed by atoms with Gasteiger partial charge < -0.3 is 10.6 Å². The SMILES string of the molecule is CC(C)NCC(=O)Nc1ccc(Cl)c2ncccc12. The van der Waals surface area contributed by atoms with E-state index in [0.29, 0.717) is 10.5 Å². The zero-order valence-corrected chi connectivity index (χ0v) is 11.7. The summed E-state index contributed by atoms with van der Waals surface area (Å²) >= 11 is 6.08. The minimum Gasteiger partial charge on any atom is -0.324 e. The number of fused-ring (bicyclic) bond motifs is 1. The predicted molar refractivity (Wildman–Crippen MR) is 78.5 cm³/mol. The Bertz CT molecular complexity index is 598. The monoisotopic (exact) mass is 277 g/mol. The van der Waals surface area contributed by atoms with Gasteiger partial charge in [-0.05, 0) is 24.3 Å². The molecule has 0 atom stereocenters. The normalized spacial score (nSPS) is 10.9. The molecule has 0 aliphatic carbocycles. The van der Waals surface area contributed by atoms with E-state index >= 15 is 0 Å². The lowest BCUT2D eigenvalue weighted by Crippen LogP contribution is -2.32. The molecule has 4 nitrogen and oxygen atoms in total. The van der Waals surface area contributed by atoms with Gasteiger partial charge in [0.15, 0.2) is 0 Å². The first kappa shape index (κ1) is 13.8. The van der Waals surface area contributed by atoms with Crippen molar-refractivity contribution in [3.05, 3.63) is 35.5 Å². The van der Waals surface area contributed by atoms with Crippen LogP contribution >= 0.6 is 11.6 Å². The molecule has 1 amide bonds. The van der Waals surface area contributed by atoms with Gasteiger partial charge in [0.25, 0.3) is 0 Å². The Morgan fingerprint density at radius 1 is 1.37 bits per heavy atom. The standard InChI is InChI=1S/C14H16ClN3O/c1-9(2)17-8-13(19)18-12-6-5-11(15)14-10(12)4-3-7-16-14/h3-7,9,17H,8H2,1-2H3,(H,18,19). The third-order valence-corrected chi connectivity index (χ3v) is 2.97. The first-order chi connectivity index (χ1) is 9.08. The highest BCUT2D eigenvalue weighted by molar-refractivity contribution is 6.35. The maximum Gasteiger partial charge on any atom is 0.238 e. The molecule has 100 valence electrons. The fraction of sp³-hybridized carbons (Fsp3) is 0.286. The van der Waals surface area contributed by atoms with E-state index in [-0.39, 0.29) is 18.5 Å². The van der Waals surface area contributed by atoms with Crippen LogP contribution in [0.2, 0.25) is 5.02 Å². The highest BCUT2D eigenvalue weighted by Crippen LogP contribution is 2.27. The summed E-state index contributed by atoms with van der Waals surface area (Å²) in [7, 11) is 0. The summed E-state index contributed by atoms with van der Waals surface area (Å²) in [6, 6.07) is 7.51. The number of halogens is 1. The molecule has 0 aliphatic rings. The van der Waals surface area contributed by atoms with Gasteiger partial charge in [-0.2, -0.15) is 0 Å². The van der Waals surface area contributed by atoms with Crippen LogP contribution in [-0.4, -0.2) is 23.5 Å². The predicted octanol–water partition coefficient (Wildman–Crippen LogP) is 2.82. The van der Waals surface area contributed by atoms with Gasteiger partial charge in [-0.3, -0.25) is 9.78 Å². The molecule has 2 aromatic rings. The van der Waals surface area contributed by atoms with Crippen LogP contribution in [0.25, 0.3) is 10.9 Å². The number of nitrogens with one attached hydrogen (secondary N) is 2. The van der Waals surface area contributed by atoms with Crippen molar-refractivity contribution in [2.24, 2.45) is 0 Å². The van der Waals surface area contributed by atoms with Gasteiger partial charge in [0.2, 0.25) is 5.91 Å². The Morgan fingerprint density at radius 3 is 2.89 bits per heavy atom. The van der Waals surface area contributed by atoms with Gasteiger partial charge in [0.1, 0.15) is 0 Å². The van der Waals surface area contributed by atoms with Crippen molar-refractivity contribution in [2.75, 3.05) is 11.9 Å². The number of carbonyl (C=O) groups excluding carboxylic acids is 1. The number of carbonyl (C=O) groups is 1. The van der Waals surface area contributed by atoms with Crippen molar-refractivity contribution in [1.82, 2.24) is 10.3 Å². The quantitative estimate of drug-likeness (QED) is 0.904. The molecule has 0 unspecified atom stereocenters. The number of nitrogens with zero attached hydrogens (tertiary/aromatic N) is 1. The van der Waals surface area contributed by atoms with E-state index in [9.17, 15) is 4.79 Å². The summed E-state index contributed by atoms with van der Waals surface area (Å²) < 4.78 is 0. The molecular formula is C14H16ClN3O. The molecule has 2 rings (SSSR count). The summed E-state index contributed by atoms with van der Waals surface area (Å²) in [5.41, 5.74) is 1.42. The molecular weight excluding hydrogens is 262 g/mol. The molecule has 0 fully saturated rings. The van der Waals surface area contributed by atoms with E-state index in [1.54, 1.807) is 18.3 Å². The van der Waals surface area contributed by atoms with Crippen LogP contribution in [0.1, 0.15) is 13.8 Å². The minimum absolute atomic E-state index is 0.0822. The zero-order chi connectivity index (χ0) is 13.8. The Kier molecular flexibility index (Phi) is 4.35. The number of pyridine rings is 1. The van der Waals surface area contributed by atoms with E-state index in [1.807, 2.05) is 26.0 Å². The Morgan fingerprint density at radius 2 is 2.16 bits per heavy atom. The van der Waals surface area contributed by atoms with Crippen LogP contribution in [0.5, 0.6) is 0 Å². The third kappa shape index (κ3) is 3.43. The van der Waals surface area contributed by atoms with Crippen LogP contribution in [0.3, 0.4) is 0 Å². The Hall–Kier alpha value is -1.65. The Balaban J connectivity index is 2.21. The summed E-state index contributed by atoms with van der Waals surface area (Å²) in [6.07, 6.45) is 1.68. The maximum absolute atomic E-state index is 11.8. The molecule has 0 aliphatic heterocycles. The number of rotatable bonds is 4. The number of benzene rings is 1. The number of aromatic nitrogens is 1. The lowest BCUT2D eigenvalue weighted by molar-refractivity contribution is -0.115. The van der Waals surface area contributed by atoms with Crippen molar-refractivity contribution >= 4 is 34.1 Å². The summed E-state index contributed by atoms with van der Waals surface area (Å²) in [6.45, 7) is 4.27. The van der Waals surface area contributed by atoms with Gasteiger partial charge in [-0.25, -0.2) is 0 Å². The van der Waals surface area contributed by atoms with Crippen molar-refractivity contribution in [1.29, 1.82) is 0 Å². The van der Waals surface area contributed by atoms with Crippen molar-refractivity contribution in [2.45, 2.75) is 19.9 Å². The molecule has 1 heterocycles. The fourth-order valence-corrected chi connectivity index (χ4v) is 1.95. The minimum atomic E-state index is -0.0822. The molecule has 0 radical (unpaired) electrons. The molecule has 1 aromatic carbocycles. The van der Waals surface area contributed by atoms with Crippen LogP contribution in [0, 0.1) is 0 Å². The maximum atomic E-state index is 11.8. The highest BCUT2D eigenvalue weighted by Gasteiger charge is 2.08. The molecule has 0 saturated heterocycles. The van der Waals surface area contributed by atoms with E-state index in [4.69, 9.17) is 11.6 Å². The van der Waals surface area contributed by atoms with Crippen molar-refractivity contribution < 1.29 is 4.79 Å². The van der Waals surface area contributed by atoms with Crippen LogP contribution in [0.15, 0.2) is 30.5 Å². The van der Waals surface area contributed by atoms with Gasteiger partial charge in [0, 0.05) is 17.6 Å². The second kappa shape index (κ2) is 5.99. The summed E-state index contributed by atoms with van der Waals surface area (Å²) in [5.74, 6) is -0.0822. The molecule has 1 aromatic heterocycles. The van der Waals surface area contributed by atoms with E-state index in [1.165, 1.54) is 0 Å². The van der Waals surface area contributed by atoms with Crippen LogP contribution < -0.4 is 10.6 Å². The molecule has 2 N–H and O–H groups in total. The number of hydrogen-bond acceptors (Lipinski definition) is 3. The average molecular weight is 278 g/mol. The number of amides is 1. The van der Waals surface area contributed by atoms with Gasteiger partial charge >= 0.3 is 0 Å². The van der Waals surface area contributed by atoms with Crippen molar-refractivity contribution in [3.63, 3.8) is 0 Å². The van der Waals surface area contributed by atoms with E-state index in [2.05, 4.69) is 15.6 Å². The van der Waals surface area contributed by atoms with Crippen LogP contribution in [0.4, 0.5) is 5.69 Å².